The maximum Gasteiger partial charge on any atom is 0.226 e. The lowest BCUT2D eigenvalue weighted by Gasteiger charge is -2.25. The van der Waals surface area contributed by atoms with Crippen molar-refractivity contribution in [3.05, 3.63) is 65.9 Å². The molecule has 0 spiro atoms. The van der Waals surface area contributed by atoms with Crippen LogP contribution in [-0.2, 0) is 4.79 Å². The molecule has 132 valence electrons. The van der Waals surface area contributed by atoms with E-state index in [1.54, 1.807) is 30.6 Å². The van der Waals surface area contributed by atoms with Gasteiger partial charge in [0.2, 0.25) is 5.91 Å². The number of carbonyl (C=O) groups excluding carboxylic acids is 1. The number of methoxy groups -OCH3 is 1. The molecule has 1 aromatic heterocycles. The number of imidazole rings is 1. The number of amides is 1. The molecule has 26 heavy (non-hydrogen) atoms. The van der Waals surface area contributed by atoms with Gasteiger partial charge in [-0.3, -0.25) is 4.79 Å². The number of halogens is 1. The van der Waals surface area contributed by atoms with Crippen molar-refractivity contribution >= 4 is 11.7 Å². The third kappa shape index (κ3) is 2.67. The van der Waals surface area contributed by atoms with Crippen molar-refractivity contribution in [2.24, 2.45) is 0 Å². The van der Waals surface area contributed by atoms with Crippen LogP contribution in [0.2, 0.25) is 0 Å². The second-order valence-electron chi connectivity index (χ2n) is 6.06. The summed E-state index contributed by atoms with van der Waals surface area (Å²) in [6.07, 6.45) is 1.81. The van der Waals surface area contributed by atoms with Gasteiger partial charge in [0.15, 0.2) is 17.3 Å². The quantitative estimate of drug-likeness (QED) is 0.758. The monoisotopic (exact) mass is 353 g/mol. The number of aromatic hydroxyl groups is 1. The predicted molar refractivity (Wildman–Crippen MR) is 93.3 cm³/mol. The Labute approximate surface area is 148 Å². The predicted octanol–water partition coefficient (Wildman–Crippen LogP) is 3.20. The van der Waals surface area contributed by atoms with Gasteiger partial charge in [-0.15, -0.1) is 0 Å². The summed E-state index contributed by atoms with van der Waals surface area (Å²) < 4.78 is 20.2. The van der Waals surface area contributed by atoms with Crippen LogP contribution in [0.1, 0.15) is 23.6 Å². The van der Waals surface area contributed by atoms with Crippen molar-refractivity contribution < 1.29 is 19.0 Å². The molecule has 1 aliphatic rings. The minimum Gasteiger partial charge on any atom is -0.504 e. The number of rotatable bonds is 3. The average Bonchev–Trinajstić information content (AvgIpc) is 3.05. The Morgan fingerprint density at radius 3 is 2.73 bits per heavy atom. The summed E-state index contributed by atoms with van der Waals surface area (Å²) in [5.74, 6) is 0.0514. The highest BCUT2D eigenvalue weighted by Crippen LogP contribution is 2.40. The zero-order valence-electron chi connectivity index (χ0n) is 13.9. The Balaban J connectivity index is 1.84. The second-order valence-corrected chi connectivity index (χ2v) is 6.06. The number of hydrogen-bond donors (Lipinski definition) is 2. The molecule has 2 heterocycles. The summed E-state index contributed by atoms with van der Waals surface area (Å²) in [4.78, 5) is 16.4. The molecule has 0 aliphatic carbocycles. The van der Waals surface area contributed by atoms with E-state index in [0.29, 0.717) is 11.6 Å². The number of benzene rings is 2. The van der Waals surface area contributed by atoms with Gasteiger partial charge in [0, 0.05) is 18.0 Å². The molecule has 4 rings (SSSR count). The highest BCUT2D eigenvalue weighted by molar-refractivity contribution is 5.94. The first-order chi connectivity index (χ1) is 12.6. The molecule has 0 bridgehead atoms. The Bertz CT molecular complexity index is 982. The lowest BCUT2D eigenvalue weighted by Crippen LogP contribution is -2.25. The normalized spacial score (nSPS) is 16.1. The van der Waals surface area contributed by atoms with E-state index in [2.05, 4.69) is 10.3 Å². The number of nitrogens with zero attached hydrogens (tertiary/aromatic N) is 2. The number of hydrogen-bond acceptors (Lipinski definition) is 4. The van der Waals surface area contributed by atoms with Crippen LogP contribution in [0.4, 0.5) is 10.2 Å². The van der Waals surface area contributed by atoms with E-state index in [-0.39, 0.29) is 29.8 Å². The van der Waals surface area contributed by atoms with E-state index in [1.165, 1.54) is 19.2 Å². The van der Waals surface area contributed by atoms with Crippen molar-refractivity contribution in [2.75, 3.05) is 12.4 Å². The smallest absolute Gasteiger partial charge is 0.226 e. The van der Waals surface area contributed by atoms with Crippen molar-refractivity contribution in [1.82, 2.24) is 9.55 Å². The Kier molecular flexibility index (Phi) is 3.84. The van der Waals surface area contributed by atoms with Crippen molar-refractivity contribution in [3.8, 4) is 17.2 Å². The number of aromatic nitrogens is 2. The first kappa shape index (κ1) is 16.1. The molecule has 2 aromatic carbocycles. The lowest BCUT2D eigenvalue weighted by molar-refractivity contribution is -0.116. The van der Waals surface area contributed by atoms with E-state index in [1.807, 2.05) is 10.6 Å². The fourth-order valence-corrected chi connectivity index (χ4v) is 3.26. The molecule has 7 heteroatoms. The summed E-state index contributed by atoms with van der Waals surface area (Å²) in [6.45, 7) is 0. The van der Waals surface area contributed by atoms with E-state index in [4.69, 9.17) is 4.74 Å². The molecule has 1 aliphatic heterocycles. The third-order valence-corrected chi connectivity index (χ3v) is 4.49. The Morgan fingerprint density at radius 1 is 1.27 bits per heavy atom. The van der Waals surface area contributed by atoms with E-state index >= 15 is 0 Å². The van der Waals surface area contributed by atoms with Gasteiger partial charge in [0.1, 0.15) is 12.1 Å². The SMILES string of the molecule is COc1ccc([C@@H]2CC(=O)Nc3ncn(-c4ccc(F)cc4)c32)cc1O. The van der Waals surface area contributed by atoms with E-state index in [0.717, 1.165) is 16.9 Å². The molecule has 0 saturated heterocycles. The van der Waals surface area contributed by atoms with Gasteiger partial charge in [0.05, 0.1) is 12.8 Å². The summed E-state index contributed by atoms with van der Waals surface area (Å²) in [5, 5.41) is 12.9. The third-order valence-electron chi connectivity index (χ3n) is 4.49. The van der Waals surface area contributed by atoms with E-state index in [9.17, 15) is 14.3 Å². The van der Waals surface area contributed by atoms with E-state index < -0.39 is 0 Å². The molecule has 6 nitrogen and oxygen atoms in total. The van der Waals surface area contributed by atoms with Crippen LogP contribution in [0.15, 0.2) is 48.8 Å². The fourth-order valence-electron chi connectivity index (χ4n) is 3.26. The van der Waals surface area contributed by atoms with Gasteiger partial charge >= 0.3 is 0 Å². The first-order valence-electron chi connectivity index (χ1n) is 8.06. The number of phenolic OH excluding ortho intramolecular Hbond substituents is 1. The summed E-state index contributed by atoms with van der Waals surface area (Å²) >= 11 is 0. The lowest BCUT2D eigenvalue weighted by atomic mass is 9.89. The number of ether oxygens (including phenoxy) is 1. The van der Waals surface area contributed by atoms with Gasteiger partial charge in [-0.25, -0.2) is 9.37 Å². The molecule has 0 unspecified atom stereocenters. The first-order valence-corrected chi connectivity index (χ1v) is 8.06. The molecule has 3 aromatic rings. The van der Waals surface area contributed by atoms with Crippen molar-refractivity contribution in [2.45, 2.75) is 12.3 Å². The molecule has 2 N–H and O–H groups in total. The standard InChI is InChI=1S/C19H16FN3O3/c1-26-16-7-2-11(8-15(16)24)14-9-17(25)22-19-18(14)23(10-21-19)13-5-3-12(20)4-6-13/h2-8,10,14,24H,9H2,1H3,(H,22,25)/t14-/m0/s1. The Morgan fingerprint density at radius 2 is 2.04 bits per heavy atom. The van der Waals surface area contributed by atoms with Gasteiger partial charge in [-0.2, -0.15) is 0 Å². The molecule has 0 fully saturated rings. The Hall–Kier alpha value is -3.35. The minimum atomic E-state index is -0.326. The van der Waals surface area contributed by atoms with Crippen LogP contribution in [0.5, 0.6) is 11.5 Å². The highest BCUT2D eigenvalue weighted by atomic mass is 19.1. The van der Waals surface area contributed by atoms with Gasteiger partial charge in [-0.1, -0.05) is 6.07 Å². The summed E-state index contributed by atoms with van der Waals surface area (Å²) in [6, 6.07) is 11.1. The average molecular weight is 353 g/mol. The van der Waals surface area contributed by atoms with Crippen LogP contribution in [0.25, 0.3) is 5.69 Å². The maximum absolute atomic E-state index is 13.3. The fraction of sp³-hybridized carbons (Fsp3) is 0.158. The zero-order valence-corrected chi connectivity index (χ0v) is 13.9. The van der Waals surface area contributed by atoms with Crippen LogP contribution in [0, 0.1) is 5.82 Å². The van der Waals surface area contributed by atoms with Crippen LogP contribution >= 0.6 is 0 Å². The molecular weight excluding hydrogens is 337 g/mol. The highest BCUT2D eigenvalue weighted by Gasteiger charge is 2.31. The number of nitrogens with one attached hydrogen (secondary N) is 1. The zero-order chi connectivity index (χ0) is 18.3. The van der Waals surface area contributed by atoms with Gasteiger partial charge in [0.25, 0.3) is 0 Å². The van der Waals surface area contributed by atoms with Gasteiger partial charge < -0.3 is 19.7 Å². The summed E-state index contributed by atoms with van der Waals surface area (Å²) in [7, 11) is 1.48. The van der Waals surface area contributed by atoms with Crippen molar-refractivity contribution in [1.29, 1.82) is 0 Å². The maximum atomic E-state index is 13.3. The minimum absolute atomic E-state index is 0.00498. The van der Waals surface area contributed by atoms with Crippen LogP contribution in [0.3, 0.4) is 0 Å². The van der Waals surface area contributed by atoms with Gasteiger partial charge in [-0.05, 0) is 42.0 Å². The van der Waals surface area contributed by atoms with Crippen LogP contribution < -0.4 is 10.1 Å². The second kappa shape index (κ2) is 6.18. The van der Waals surface area contributed by atoms with Crippen molar-refractivity contribution in [3.63, 3.8) is 0 Å². The number of anilines is 1. The number of carbonyl (C=O) groups is 1. The number of phenols is 1. The molecule has 1 amide bonds. The molecule has 0 radical (unpaired) electrons. The largest absolute Gasteiger partial charge is 0.504 e. The molecular formula is C19H16FN3O3. The van der Waals surface area contributed by atoms with Crippen LogP contribution in [-0.4, -0.2) is 27.7 Å². The summed E-state index contributed by atoms with van der Waals surface area (Å²) in [5.41, 5.74) is 2.28. The molecule has 0 saturated carbocycles. The topological polar surface area (TPSA) is 76.4 Å². The number of fused-ring (bicyclic) bond motifs is 1. The molecule has 1 atom stereocenters.